The number of fused-ring (bicyclic) bond motifs is 5. The lowest BCUT2D eigenvalue weighted by Crippen LogP contribution is -2.08. The minimum absolute atomic E-state index is 0.442. The first-order chi connectivity index (χ1) is 9.33. The predicted octanol–water partition coefficient (Wildman–Crippen LogP) is 3.92. The van der Waals surface area contributed by atoms with Crippen molar-refractivity contribution in [3.63, 3.8) is 0 Å². The van der Waals surface area contributed by atoms with Crippen molar-refractivity contribution in [1.29, 1.82) is 0 Å². The average molecular weight is 278 g/mol. The van der Waals surface area contributed by atoms with E-state index in [1.54, 1.807) is 0 Å². The number of para-hydroxylation sites is 1. The fraction of sp³-hybridized carbons (Fsp3) is 0.250. The van der Waals surface area contributed by atoms with Gasteiger partial charge in [0.25, 0.3) is 0 Å². The van der Waals surface area contributed by atoms with Gasteiger partial charge in [-0.1, -0.05) is 29.8 Å². The molecule has 19 heavy (non-hydrogen) atoms. The third-order valence-electron chi connectivity index (χ3n) is 4.12. The van der Waals surface area contributed by atoms with Crippen LogP contribution >= 0.6 is 11.6 Å². The molecule has 0 saturated carbocycles. The van der Waals surface area contributed by atoms with Gasteiger partial charge in [-0.15, -0.1) is 0 Å². The van der Waals surface area contributed by atoms with Crippen LogP contribution in [0.2, 0.25) is 5.02 Å². The molecular formula is C16H14ClNO. The summed E-state index contributed by atoms with van der Waals surface area (Å²) in [6.07, 6.45) is 0. The van der Waals surface area contributed by atoms with E-state index in [1.807, 2.05) is 24.3 Å². The van der Waals surface area contributed by atoms with E-state index in [-0.39, 0.29) is 0 Å². The van der Waals surface area contributed by atoms with Crippen LogP contribution < -0.4 is 10.1 Å². The van der Waals surface area contributed by atoms with Gasteiger partial charge in [-0.05, 0) is 29.8 Å². The molecule has 0 radical (unpaired) electrons. The Labute approximate surface area is 117 Å². The van der Waals surface area contributed by atoms with Crippen LogP contribution in [0.5, 0.6) is 11.5 Å². The summed E-state index contributed by atoms with van der Waals surface area (Å²) in [6, 6.07) is 14.3. The monoisotopic (exact) mass is 277 g/mol. The molecule has 2 aliphatic rings. The second kappa shape index (κ2) is 4.26. The Morgan fingerprint density at radius 1 is 0.947 bits per heavy atom. The topological polar surface area (TPSA) is 21.3 Å². The minimum Gasteiger partial charge on any atom is -0.457 e. The summed E-state index contributed by atoms with van der Waals surface area (Å²) in [4.78, 5) is 0. The smallest absolute Gasteiger partial charge is 0.131 e. The minimum atomic E-state index is 0.442. The van der Waals surface area contributed by atoms with Crippen molar-refractivity contribution in [3.05, 3.63) is 58.6 Å². The SMILES string of the molecule is Clc1ccc2c(c1)[C@@H]1CNC[C@H]1[13c]1[13cH][13cH][13cH][13cH][13c]1O2. The fourth-order valence-electron chi connectivity index (χ4n) is 3.23. The summed E-state index contributed by atoms with van der Waals surface area (Å²) >= 11 is 6.16. The molecule has 0 bridgehead atoms. The maximum Gasteiger partial charge on any atom is 0.131 e. The van der Waals surface area contributed by atoms with Crippen molar-refractivity contribution in [3.8, 4) is 11.5 Å². The van der Waals surface area contributed by atoms with Crippen LogP contribution in [-0.2, 0) is 0 Å². The summed E-state index contributed by atoms with van der Waals surface area (Å²) in [5.41, 5.74) is 2.52. The van der Waals surface area contributed by atoms with Crippen LogP contribution in [0.15, 0.2) is 42.5 Å². The maximum absolute atomic E-state index is 6.16. The number of rotatable bonds is 0. The van der Waals surface area contributed by atoms with E-state index in [4.69, 9.17) is 16.3 Å². The van der Waals surface area contributed by atoms with Crippen LogP contribution in [-0.4, -0.2) is 13.1 Å². The highest BCUT2D eigenvalue weighted by Gasteiger charge is 2.35. The molecule has 3 heteroatoms. The van der Waals surface area contributed by atoms with Crippen molar-refractivity contribution in [2.75, 3.05) is 13.1 Å². The average Bonchev–Trinajstić information content (AvgIpc) is 2.86. The van der Waals surface area contributed by atoms with Gasteiger partial charge in [-0.3, -0.25) is 0 Å². The lowest BCUT2D eigenvalue weighted by molar-refractivity contribution is 0.476. The van der Waals surface area contributed by atoms with Gasteiger partial charge in [-0.2, -0.15) is 0 Å². The third-order valence-corrected chi connectivity index (χ3v) is 4.36. The second-order valence-electron chi connectivity index (χ2n) is 5.19. The van der Waals surface area contributed by atoms with E-state index >= 15 is 0 Å². The second-order valence-corrected chi connectivity index (χ2v) is 5.63. The van der Waals surface area contributed by atoms with Crippen LogP contribution in [0.25, 0.3) is 0 Å². The van der Waals surface area contributed by atoms with Gasteiger partial charge in [0, 0.05) is 35.5 Å². The molecule has 1 saturated heterocycles. The molecule has 2 nitrogen and oxygen atoms in total. The van der Waals surface area contributed by atoms with Gasteiger partial charge in [-0.25, -0.2) is 0 Å². The van der Waals surface area contributed by atoms with Crippen molar-refractivity contribution in [2.24, 2.45) is 0 Å². The molecule has 2 heterocycles. The van der Waals surface area contributed by atoms with E-state index in [2.05, 4.69) is 23.5 Å². The number of hydrogen-bond donors (Lipinski definition) is 1. The van der Waals surface area contributed by atoms with Crippen LogP contribution in [0.4, 0.5) is 0 Å². The van der Waals surface area contributed by atoms with E-state index in [0.717, 1.165) is 29.6 Å². The molecular weight excluding hydrogens is 264 g/mol. The number of hydrogen-bond acceptors (Lipinski definition) is 2. The van der Waals surface area contributed by atoms with Gasteiger partial charge in [0.15, 0.2) is 0 Å². The highest BCUT2D eigenvalue weighted by Crippen LogP contribution is 2.48. The standard InChI is InChI=1S/C16H14ClNO/c17-10-5-6-16-12(7-10)14-9-18-8-13(14)11-3-1-2-4-15(11)19-16/h1-7,13-14,18H,8-9H2/t13-,14-/m0/s1/i1+1,2+1,3+1,4+1,11+1,15+1. The molecule has 2 aromatic rings. The zero-order valence-electron chi connectivity index (χ0n) is 10.4. The Morgan fingerprint density at radius 2 is 1.68 bits per heavy atom. The molecule has 2 atom stereocenters. The molecule has 0 aromatic heterocycles. The highest BCUT2D eigenvalue weighted by molar-refractivity contribution is 6.30. The normalized spacial score (nSPS) is 23.8. The van der Waals surface area contributed by atoms with Gasteiger partial charge < -0.3 is 10.1 Å². The largest absolute Gasteiger partial charge is 0.457 e. The lowest BCUT2D eigenvalue weighted by Gasteiger charge is -2.17. The zero-order chi connectivity index (χ0) is 12.8. The predicted molar refractivity (Wildman–Crippen MR) is 76.3 cm³/mol. The Balaban J connectivity index is 1.94. The van der Waals surface area contributed by atoms with Crippen molar-refractivity contribution >= 4 is 11.6 Å². The molecule has 0 amide bonds. The molecule has 0 unspecified atom stereocenters. The Kier molecular flexibility index (Phi) is 2.54. The van der Waals surface area contributed by atoms with Gasteiger partial charge in [0.05, 0.1) is 0 Å². The molecule has 2 aliphatic heterocycles. The van der Waals surface area contributed by atoms with E-state index in [9.17, 15) is 0 Å². The molecule has 1 N–H and O–H groups in total. The van der Waals surface area contributed by atoms with Crippen molar-refractivity contribution < 1.29 is 4.74 Å². The van der Waals surface area contributed by atoms with Crippen LogP contribution in [0, 0.1) is 0 Å². The van der Waals surface area contributed by atoms with Crippen molar-refractivity contribution in [2.45, 2.75) is 11.8 Å². The number of nitrogens with one attached hydrogen (secondary N) is 1. The first-order valence-electron chi connectivity index (χ1n) is 6.60. The molecule has 4 rings (SSSR count). The zero-order valence-corrected chi connectivity index (χ0v) is 11.2. The molecule has 2 aromatic carbocycles. The summed E-state index contributed by atoms with van der Waals surface area (Å²) in [7, 11) is 0. The Hall–Kier alpha value is -1.51. The molecule has 96 valence electrons. The summed E-state index contributed by atoms with van der Waals surface area (Å²) < 4.78 is 6.11. The molecule has 0 spiro atoms. The van der Waals surface area contributed by atoms with Gasteiger partial charge >= 0.3 is 0 Å². The lowest BCUT2D eigenvalue weighted by atomic mass is 9.92. The number of benzene rings is 2. The summed E-state index contributed by atoms with van der Waals surface area (Å²) in [6.45, 7) is 1.98. The van der Waals surface area contributed by atoms with E-state index in [0.29, 0.717) is 11.8 Å². The summed E-state index contributed by atoms with van der Waals surface area (Å²) in [5, 5.41) is 4.27. The Bertz CT molecular complexity index is 640. The third kappa shape index (κ3) is 1.75. The van der Waals surface area contributed by atoms with Crippen LogP contribution in [0.1, 0.15) is 23.0 Å². The fourth-order valence-corrected chi connectivity index (χ4v) is 3.41. The Morgan fingerprint density at radius 3 is 2.58 bits per heavy atom. The van der Waals surface area contributed by atoms with Gasteiger partial charge in [0.1, 0.15) is 11.5 Å². The number of ether oxygens (including phenoxy) is 1. The van der Waals surface area contributed by atoms with E-state index < -0.39 is 0 Å². The van der Waals surface area contributed by atoms with Crippen molar-refractivity contribution in [1.82, 2.24) is 5.32 Å². The molecule has 0 aliphatic carbocycles. The van der Waals surface area contributed by atoms with Gasteiger partial charge in [0.2, 0.25) is 0 Å². The summed E-state index contributed by atoms with van der Waals surface area (Å²) in [5.74, 6) is 2.82. The molecule has 1 fully saturated rings. The maximum atomic E-state index is 6.16. The van der Waals surface area contributed by atoms with Crippen LogP contribution in [0.3, 0.4) is 0 Å². The first kappa shape index (κ1) is 11.3. The van der Waals surface area contributed by atoms with E-state index in [1.165, 1.54) is 11.1 Å². The number of halogens is 1. The first-order valence-corrected chi connectivity index (χ1v) is 6.97. The quantitative estimate of drug-likeness (QED) is 0.788. The highest BCUT2D eigenvalue weighted by atomic mass is 35.5.